The lowest BCUT2D eigenvalue weighted by Crippen LogP contribution is -2.48. The second-order valence-corrected chi connectivity index (χ2v) is 11.6. The average Bonchev–Trinajstić information content (AvgIpc) is 3.10. The van der Waals surface area contributed by atoms with Crippen molar-refractivity contribution < 1.29 is 36.6 Å². The average molecular weight is 678 g/mol. The van der Waals surface area contributed by atoms with E-state index in [1.165, 1.54) is 66.9 Å². The van der Waals surface area contributed by atoms with Gasteiger partial charge in [0.05, 0.1) is 30.2 Å². The second-order valence-electron chi connectivity index (χ2n) is 11.6. The van der Waals surface area contributed by atoms with Crippen molar-refractivity contribution >= 4 is 17.7 Å². The Kier molecular flexibility index (Phi) is 11.7. The number of halogens is 4. The Hall–Kier alpha value is -5.11. The molecular weight excluding hydrogens is 642 g/mol. The van der Waals surface area contributed by atoms with Crippen LogP contribution in [0.2, 0.25) is 0 Å². The molecule has 0 bridgehead atoms. The van der Waals surface area contributed by atoms with Crippen molar-refractivity contribution in [2.75, 3.05) is 25.0 Å². The van der Waals surface area contributed by atoms with Crippen molar-refractivity contribution in [1.82, 2.24) is 15.6 Å². The smallest absolute Gasteiger partial charge is 0.407 e. The van der Waals surface area contributed by atoms with Crippen LogP contribution in [0.15, 0.2) is 97.3 Å². The van der Waals surface area contributed by atoms with Gasteiger partial charge in [-0.2, -0.15) is 0 Å². The summed E-state index contributed by atoms with van der Waals surface area (Å²) in [6, 6.07) is 15.4. The summed E-state index contributed by atoms with van der Waals surface area (Å²) in [5.74, 6) is -3.49. The number of anilines is 1. The number of hydrogen-bond acceptors (Lipinski definition) is 7. The van der Waals surface area contributed by atoms with Gasteiger partial charge in [0.15, 0.2) is 0 Å². The van der Waals surface area contributed by atoms with E-state index in [0.29, 0.717) is 35.4 Å². The third kappa shape index (κ3) is 9.50. The van der Waals surface area contributed by atoms with E-state index in [0.717, 1.165) is 6.20 Å². The number of nitrogens with one attached hydrogen (secondary N) is 3. The highest BCUT2D eigenvalue weighted by Gasteiger charge is 2.30. The zero-order valence-corrected chi connectivity index (χ0v) is 26.3. The maximum atomic E-state index is 15.2. The number of aromatic nitrogens is 1. The lowest BCUT2D eigenvalue weighted by Gasteiger charge is -2.32. The Morgan fingerprint density at radius 1 is 0.918 bits per heavy atom. The largest absolute Gasteiger partial charge is 0.447 e. The summed E-state index contributed by atoms with van der Waals surface area (Å²) < 4.78 is 67.1. The topological polar surface area (TPSA) is 128 Å². The fraction of sp³-hybridized carbons (Fsp3) is 0.250. The van der Waals surface area contributed by atoms with E-state index in [9.17, 15) is 22.8 Å². The number of morpholine rings is 1. The zero-order chi connectivity index (χ0) is 34.9. The molecule has 1 aliphatic heterocycles. The molecule has 1 fully saturated rings. The van der Waals surface area contributed by atoms with Gasteiger partial charge in [0, 0.05) is 37.5 Å². The molecule has 0 aliphatic carbocycles. The number of rotatable bonds is 12. The minimum atomic E-state index is -1.24. The molecule has 4 aromatic rings. The van der Waals surface area contributed by atoms with Gasteiger partial charge in [-0.3, -0.25) is 9.78 Å². The van der Waals surface area contributed by atoms with Gasteiger partial charge < -0.3 is 31.2 Å². The van der Waals surface area contributed by atoms with E-state index in [1.54, 1.807) is 12.1 Å². The molecule has 0 spiro atoms. The number of ether oxygens (including phenoxy) is 2. The standard InChI is InChI=1S/C36H35F4N5O4/c1-21(32-19-42-16-28(49-32)20-48-36(47)44-15-22-2-8-25(37)9-3-22)14-29-30(40)17-43-18-31(29)45-35(46)34(41)33(23-4-10-26(38)11-5-23)24-6-12-27(39)13-7-24/h2-13,17-18,28,32-34,42H,1,14-16,19-20,41H2,(H,44,47)(H,45,46)/t28-,32-,34-/m0/s1. The van der Waals surface area contributed by atoms with Crippen molar-refractivity contribution in [3.8, 4) is 0 Å². The molecule has 3 atom stereocenters. The molecule has 3 aromatic carbocycles. The molecule has 13 heteroatoms. The van der Waals surface area contributed by atoms with Gasteiger partial charge in [-0.1, -0.05) is 43.0 Å². The fourth-order valence-electron chi connectivity index (χ4n) is 5.44. The minimum Gasteiger partial charge on any atom is -0.447 e. The molecule has 9 nitrogen and oxygen atoms in total. The first-order chi connectivity index (χ1) is 23.6. The first-order valence-electron chi connectivity index (χ1n) is 15.5. The van der Waals surface area contributed by atoms with Gasteiger partial charge >= 0.3 is 6.09 Å². The maximum absolute atomic E-state index is 15.2. The molecule has 256 valence electrons. The van der Waals surface area contributed by atoms with E-state index >= 15 is 4.39 Å². The Labute approximate surface area is 280 Å². The molecule has 49 heavy (non-hydrogen) atoms. The van der Waals surface area contributed by atoms with E-state index in [-0.39, 0.29) is 36.6 Å². The summed E-state index contributed by atoms with van der Waals surface area (Å²) >= 11 is 0. The first kappa shape index (κ1) is 35.2. The van der Waals surface area contributed by atoms with Gasteiger partial charge in [0.1, 0.15) is 36.0 Å². The molecule has 0 saturated carbocycles. The van der Waals surface area contributed by atoms with E-state index < -0.39 is 53.6 Å². The molecule has 2 heterocycles. The molecule has 1 aliphatic rings. The molecule has 5 N–H and O–H groups in total. The quantitative estimate of drug-likeness (QED) is 0.121. The maximum Gasteiger partial charge on any atom is 0.407 e. The third-order valence-electron chi connectivity index (χ3n) is 8.05. The van der Waals surface area contributed by atoms with Gasteiger partial charge in [-0.15, -0.1) is 0 Å². The van der Waals surface area contributed by atoms with Gasteiger partial charge in [0.2, 0.25) is 5.91 Å². The fourth-order valence-corrected chi connectivity index (χ4v) is 5.44. The predicted molar refractivity (Wildman–Crippen MR) is 174 cm³/mol. The van der Waals surface area contributed by atoms with Crippen LogP contribution in [0.3, 0.4) is 0 Å². The summed E-state index contributed by atoms with van der Waals surface area (Å²) in [6.07, 6.45) is 0.496. The lowest BCUT2D eigenvalue weighted by atomic mass is 9.85. The summed E-state index contributed by atoms with van der Waals surface area (Å²) in [4.78, 5) is 29.6. The molecule has 1 saturated heterocycles. The first-order valence-corrected chi connectivity index (χ1v) is 15.5. The number of pyridine rings is 1. The second kappa shape index (κ2) is 16.3. The van der Waals surface area contributed by atoms with E-state index in [4.69, 9.17) is 15.2 Å². The lowest BCUT2D eigenvalue weighted by molar-refractivity contribution is -0.117. The van der Waals surface area contributed by atoms with Gasteiger partial charge in [-0.05, 0) is 58.7 Å². The van der Waals surface area contributed by atoms with Crippen LogP contribution in [0.5, 0.6) is 0 Å². The Balaban J connectivity index is 1.21. The Bertz CT molecular complexity index is 1710. The van der Waals surface area contributed by atoms with E-state index in [2.05, 4.69) is 27.5 Å². The SMILES string of the molecule is C=C(Cc1c(F)cncc1NC(=O)[C@@H](N)C(c1ccc(F)cc1)c1ccc(F)cc1)[C@@H]1CNC[C@@H](COC(=O)NCc2ccc(F)cc2)O1. The number of amides is 2. The summed E-state index contributed by atoms with van der Waals surface area (Å²) in [6.45, 7) is 4.93. The van der Waals surface area contributed by atoms with Crippen LogP contribution < -0.4 is 21.7 Å². The number of carbonyl (C=O) groups excluding carboxylic acids is 2. The number of carbonyl (C=O) groups is 2. The normalized spacial score (nSPS) is 16.5. The minimum absolute atomic E-state index is 0.0311. The number of benzene rings is 3. The van der Waals surface area contributed by atoms with Crippen LogP contribution in [-0.4, -0.2) is 54.9 Å². The van der Waals surface area contributed by atoms with Crippen molar-refractivity contribution in [3.05, 3.63) is 143 Å². The molecule has 0 radical (unpaired) electrons. The van der Waals surface area contributed by atoms with Crippen molar-refractivity contribution in [3.63, 3.8) is 0 Å². The molecule has 5 rings (SSSR count). The van der Waals surface area contributed by atoms with Gasteiger partial charge in [0.25, 0.3) is 0 Å². The summed E-state index contributed by atoms with van der Waals surface area (Å²) in [5.41, 5.74) is 8.86. The Morgan fingerprint density at radius 3 is 2.12 bits per heavy atom. The third-order valence-corrected chi connectivity index (χ3v) is 8.05. The van der Waals surface area contributed by atoms with Crippen LogP contribution >= 0.6 is 0 Å². The molecular formula is C36H35F4N5O4. The number of nitrogens with two attached hydrogens (primary N) is 1. The highest BCUT2D eigenvalue weighted by atomic mass is 19.1. The van der Waals surface area contributed by atoms with Crippen molar-refractivity contribution in [2.24, 2.45) is 5.73 Å². The molecule has 2 amide bonds. The van der Waals surface area contributed by atoms with Crippen molar-refractivity contribution in [2.45, 2.75) is 37.1 Å². The summed E-state index contributed by atoms with van der Waals surface area (Å²) in [7, 11) is 0. The highest BCUT2D eigenvalue weighted by molar-refractivity contribution is 5.96. The number of nitrogens with zero attached hydrogens (tertiary/aromatic N) is 1. The summed E-state index contributed by atoms with van der Waals surface area (Å²) in [5, 5.41) is 8.46. The van der Waals surface area contributed by atoms with Crippen LogP contribution in [-0.2, 0) is 27.2 Å². The van der Waals surface area contributed by atoms with Crippen molar-refractivity contribution in [1.29, 1.82) is 0 Å². The highest BCUT2D eigenvalue weighted by Crippen LogP contribution is 2.30. The Morgan fingerprint density at radius 2 is 1.51 bits per heavy atom. The van der Waals surface area contributed by atoms with Crippen LogP contribution in [0.1, 0.15) is 28.2 Å². The van der Waals surface area contributed by atoms with Crippen LogP contribution in [0, 0.1) is 23.3 Å². The molecule has 1 aromatic heterocycles. The van der Waals surface area contributed by atoms with Crippen LogP contribution in [0.25, 0.3) is 0 Å². The number of alkyl carbamates (subject to hydrolysis) is 1. The molecule has 0 unspecified atom stereocenters. The zero-order valence-electron chi connectivity index (χ0n) is 26.3. The van der Waals surface area contributed by atoms with Gasteiger partial charge in [-0.25, -0.2) is 22.4 Å². The number of hydrogen-bond donors (Lipinski definition) is 4. The monoisotopic (exact) mass is 677 g/mol. The van der Waals surface area contributed by atoms with E-state index in [1.807, 2.05) is 0 Å². The van der Waals surface area contributed by atoms with Crippen LogP contribution in [0.4, 0.5) is 28.0 Å². The predicted octanol–water partition coefficient (Wildman–Crippen LogP) is 5.12.